The van der Waals surface area contributed by atoms with Gasteiger partial charge in [-0.2, -0.15) is 0 Å². The van der Waals surface area contributed by atoms with Crippen molar-refractivity contribution in [1.82, 2.24) is 0 Å². The molecule has 0 spiro atoms. The third kappa shape index (κ3) is 46.5. The summed E-state index contributed by atoms with van der Waals surface area (Å²) in [6.07, 6.45) is 3.70. The fraction of sp³-hybridized carbons (Fsp3) is 0.250. The van der Waals surface area contributed by atoms with Crippen molar-refractivity contribution >= 4 is 11.9 Å². The van der Waals surface area contributed by atoms with Crippen LogP contribution in [0.25, 0.3) is 0 Å². The van der Waals surface area contributed by atoms with E-state index < -0.39 is 11.9 Å². The van der Waals surface area contributed by atoms with Crippen molar-refractivity contribution in [3.8, 4) is 0 Å². The van der Waals surface area contributed by atoms with E-state index in [-0.39, 0.29) is 0 Å². The van der Waals surface area contributed by atoms with E-state index in [1.807, 2.05) is 36.4 Å². The van der Waals surface area contributed by atoms with Gasteiger partial charge in [-0.3, -0.25) is 0 Å². The monoisotopic (exact) mass is 296 g/mol. The van der Waals surface area contributed by atoms with Gasteiger partial charge >= 0.3 is 11.9 Å². The van der Waals surface area contributed by atoms with E-state index in [0.29, 0.717) is 6.61 Å². The second-order valence-electron chi connectivity index (χ2n) is 3.32. The van der Waals surface area contributed by atoms with Gasteiger partial charge in [0.25, 0.3) is 0 Å². The Labute approximate surface area is 125 Å². The average Bonchev–Trinajstić information content (AvgIpc) is 2.51. The van der Waals surface area contributed by atoms with Crippen molar-refractivity contribution in [3.05, 3.63) is 61.7 Å². The van der Waals surface area contributed by atoms with Crippen molar-refractivity contribution in [1.29, 1.82) is 0 Å². The molecule has 0 radical (unpaired) electrons. The summed E-state index contributed by atoms with van der Waals surface area (Å²) < 4.78 is 0. The number of aliphatic hydroxyl groups excluding tert-OH is 1. The molecule has 0 amide bonds. The lowest BCUT2D eigenvalue weighted by Crippen LogP contribution is -1.82. The van der Waals surface area contributed by atoms with Crippen LogP contribution in [0.1, 0.15) is 19.8 Å². The smallest absolute Gasteiger partial charge is 0.327 e. The summed E-state index contributed by atoms with van der Waals surface area (Å²) in [4.78, 5) is 18.5. The average molecular weight is 296 g/mol. The number of benzene rings is 1. The molecule has 0 heterocycles. The molecule has 0 bridgehead atoms. The molecule has 0 saturated heterocycles. The van der Waals surface area contributed by atoms with Crippen molar-refractivity contribution in [3.63, 3.8) is 0 Å². The Hall–Kier alpha value is -2.40. The molecule has 1 aromatic rings. The normalized spacial score (nSPS) is 7.33. The highest BCUT2D eigenvalue weighted by molar-refractivity contribution is 5.79. The van der Waals surface area contributed by atoms with Crippen LogP contribution in [-0.4, -0.2) is 33.9 Å². The summed E-state index contributed by atoms with van der Waals surface area (Å²) in [6.45, 7) is 8.32. The van der Waals surface area contributed by atoms with Gasteiger partial charge in [-0.15, -0.1) is 0 Å². The van der Waals surface area contributed by atoms with Crippen LogP contribution >= 0.6 is 0 Å². The van der Waals surface area contributed by atoms with E-state index in [1.54, 1.807) is 0 Å². The molecule has 0 aliphatic carbocycles. The van der Waals surface area contributed by atoms with Crippen molar-refractivity contribution < 1.29 is 24.9 Å². The predicted molar refractivity (Wildman–Crippen MR) is 84.1 cm³/mol. The molecule has 0 aliphatic rings. The summed E-state index contributed by atoms with van der Waals surface area (Å²) in [5.41, 5.74) is 0. The maximum absolute atomic E-state index is 9.25. The van der Waals surface area contributed by atoms with Gasteiger partial charge in [0.05, 0.1) is 0 Å². The lowest BCUT2D eigenvalue weighted by atomic mass is 10.4. The molecule has 0 aromatic heterocycles. The summed E-state index contributed by atoms with van der Waals surface area (Å²) in [5.74, 6) is -1.96. The number of unbranched alkanes of at least 4 members (excludes halogenated alkanes) is 1. The Morgan fingerprint density at radius 3 is 1.19 bits per heavy atom. The van der Waals surface area contributed by atoms with E-state index in [9.17, 15) is 9.59 Å². The first-order chi connectivity index (χ1) is 9.95. The third-order valence-electron chi connectivity index (χ3n) is 1.53. The summed E-state index contributed by atoms with van der Waals surface area (Å²) >= 11 is 0. The topological polar surface area (TPSA) is 94.8 Å². The zero-order valence-corrected chi connectivity index (χ0v) is 12.3. The van der Waals surface area contributed by atoms with Crippen LogP contribution in [0.4, 0.5) is 0 Å². The quantitative estimate of drug-likeness (QED) is 0.742. The molecule has 118 valence electrons. The zero-order valence-electron chi connectivity index (χ0n) is 12.3. The Morgan fingerprint density at radius 2 is 1.14 bits per heavy atom. The molecule has 3 N–H and O–H groups in total. The molecule has 5 heteroatoms. The van der Waals surface area contributed by atoms with Gasteiger partial charge in [-0.05, 0) is 6.42 Å². The molecular weight excluding hydrogens is 272 g/mol. The molecular formula is C16H24O5. The van der Waals surface area contributed by atoms with Crippen molar-refractivity contribution in [2.75, 3.05) is 6.61 Å². The highest BCUT2D eigenvalue weighted by atomic mass is 16.4. The molecule has 0 atom stereocenters. The minimum Gasteiger partial charge on any atom is -0.478 e. The number of hydrogen-bond acceptors (Lipinski definition) is 3. The molecule has 0 unspecified atom stereocenters. The lowest BCUT2D eigenvalue weighted by molar-refractivity contribution is -0.132. The van der Waals surface area contributed by atoms with E-state index >= 15 is 0 Å². The second kappa shape index (κ2) is 22.8. The standard InChI is InChI=1S/C6H6.C4H10O.2C3H4O2/c1-2-4-6-5-3-1;1-2-3-4-5;2*1-2-3(4)5/h1-6H;5H,2-4H2,1H3;2*2H,1H2,(H,4,5). The zero-order chi connectivity index (χ0) is 16.9. The van der Waals surface area contributed by atoms with E-state index in [1.165, 1.54) is 0 Å². The van der Waals surface area contributed by atoms with E-state index in [0.717, 1.165) is 25.0 Å². The van der Waals surface area contributed by atoms with Crippen LogP contribution in [0.5, 0.6) is 0 Å². The van der Waals surface area contributed by atoms with Gasteiger partial charge in [0.15, 0.2) is 0 Å². The third-order valence-corrected chi connectivity index (χ3v) is 1.53. The number of carboxylic acid groups (broad SMARTS) is 2. The largest absolute Gasteiger partial charge is 0.478 e. The number of carboxylic acids is 2. The van der Waals surface area contributed by atoms with Gasteiger partial charge in [0, 0.05) is 18.8 Å². The first-order valence-corrected chi connectivity index (χ1v) is 6.27. The van der Waals surface area contributed by atoms with E-state index in [2.05, 4.69) is 20.1 Å². The number of hydrogen-bond donors (Lipinski definition) is 3. The minimum absolute atomic E-state index is 0.344. The van der Waals surface area contributed by atoms with Crippen LogP contribution in [-0.2, 0) is 9.59 Å². The maximum atomic E-state index is 9.25. The summed E-state index contributed by atoms with van der Waals surface area (Å²) in [7, 11) is 0. The van der Waals surface area contributed by atoms with Crippen LogP contribution in [0.3, 0.4) is 0 Å². The van der Waals surface area contributed by atoms with Crippen LogP contribution in [0.2, 0.25) is 0 Å². The Balaban J connectivity index is -0.000000207. The summed E-state index contributed by atoms with van der Waals surface area (Å²) in [5, 5.41) is 23.3. The van der Waals surface area contributed by atoms with Gasteiger partial charge in [-0.1, -0.05) is 62.9 Å². The van der Waals surface area contributed by atoms with Gasteiger partial charge in [0.1, 0.15) is 0 Å². The van der Waals surface area contributed by atoms with Gasteiger partial charge in [-0.25, -0.2) is 9.59 Å². The van der Waals surface area contributed by atoms with E-state index in [4.69, 9.17) is 15.3 Å². The first kappa shape index (κ1) is 23.7. The number of aliphatic hydroxyl groups is 1. The molecule has 0 aliphatic heterocycles. The molecule has 1 rings (SSSR count). The SMILES string of the molecule is C=CC(=O)O.C=CC(=O)O.CCCCO.c1ccccc1. The van der Waals surface area contributed by atoms with Gasteiger partial charge < -0.3 is 15.3 Å². The Morgan fingerprint density at radius 1 is 0.905 bits per heavy atom. The Bertz CT molecular complexity index is 313. The van der Waals surface area contributed by atoms with Crippen molar-refractivity contribution in [2.24, 2.45) is 0 Å². The molecule has 21 heavy (non-hydrogen) atoms. The molecule has 1 aromatic carbocycles. The number of rotatable bonds is 4. The molecule has 0 saturated carbocycles. The minimum atomic E-state index is -0.981. The fourth-order valence-corrected chi connectivity index (χ4v) is 0.543. The fourth-order valence-electron chi connectivity index (χ4n) is 0.543. The first-order valence-electron chi connectivity index (χ1n) is 6.27. The predicted octanol–water partition coefficient (Wildman–Crippen LogP) is 2.98. The number of aliphatic carboxylic acids is 2. The summed E-state index contributed by atoms with van der Waals surface area (Å²) in [6, 6.07) is 12.0. The molecule has 0 fully saturated rings. The number of carbonyl (C=O) groups is 2. The van der Waals surface area contributed by atoms with Crippen LogP contribution in [0, 0.1) is 0 Å². The lowest BCUT2D eigenvalue weighted by Gasteiger charge is -1.79. The van der Waals surface area contributed by atoms with Gasteiger partial charge in [0.2, 0.25) is 0 Å². The van der Waals surface area contributed by atoms with Crippen LogP contribution in [0.15, 0.2) is 61.7 Å². The molecule has 5 nitrogen and oxygen atoms in total. The second-order valence-corrected chi connectivity index (χ2v) is 3.32. The highest BCUT2D eigenvalue weighted by Crippen LogP contribution is 1.80. The van der Waals surface area contributed by atoms with Crippen molar-refractivity contribution in [2.45, 2.75) is 19.8 Å². The Kier molecular flexibility index (Phi) is 25.7. The maximum Gasteiger partial charge on any atom is 0.327 e. The highest BCUT2D eigenvalue weighted by Gasteiger charge is 1.74. The van der Waals surface area contributed by atoms with Crippen LogP contribution < -0.4 is 0 Å².